The number of hydrogen-bond donors (Lipinski definition) is 9. The van der Waals surface area contributed by atoms with Crippen LogP contribution in [0.15, 0.2) is 73.4 Å². The number of nitrogens with zero attached hydrogens (tertiary/aromatic N) is 4. The Morgan fingerprint density at radius 1 is 0.829 bits per heavy atom. The van der Waals surface area contributed by atoms with Gasteiger partial charge >= 0.3 is 23.5 Å². The van der Waals surface area contributed by atoms with E-state index >= 15 is 0 Å². The first-order chi connectivity index (χ1) is 35.9. The lowest BCUT2D eigenvalue weighted by molar-refractivity contribution is -0.137. The number of Topliss-reactive ketones (excluding diaryl/α,β-unsaturated/α-hetero) is 1. The van der Waals surface area contributed by atoms with Crippen LogP contribution >= 0.6 is 35.2 Å². The standard InChI is InChI=1S/C47H74N7O18P3S/c1-4-5-6-7-8-9-10-11-12-13-14-15-16-17-18-19-20-21-22-23-24-25-35(55)30-38(57)76-29-28-49-37(56)26-27-50-45(60)42(59)47(2,3)32-69-75(66,67)72-74(64,65)68-31-36-41(71-73(61,62)63)40(58)46(70-36)54-34-53-39-43(48)51-33-52-44(39)54/h8-9,11-12,14-15,17-18,20-21,33-34,36,40-42,46,58-59H,4-7,10,13,16,19,22-32H2,1-3H3,(H,49,56)(H,50,60)(H,64,65)(H,66,67)(H2,48,51,52)(H2,61,62,63)/b9-8-,12-11-,15-14-,18-17-,21-20-/t36-,40-,41-,42+,46-/m1/s1. The van der Waals surface area contributed by atoms with E-state index in [9.17, 15) is 62.7 Å². The zero-order valence-corrected chi connectivity index (χ0v) is 46.4. The van der Waals surface area contributed by atoms with Crippen molar-refractivity contribution in [1.29, 1.82) is 0 Å². The number of ether oxygens (including phenoxy) is 1. The number of carbonyl (C=O) groups is 4. The van der Waals surface area contributed by atoms with Crippen LogP contribution in [0, 0.1) is 5.41 Å². The fraction of sp³-hybridized carbons (Fsp3) is 0.596. The Morgan fingerprint density at radius 3 is 2.03 bits per heavy atom. The van der Waals surface area contributed by atoms with Crippen LogP contribution in [0.1, 0.15) is 117 Å². The second-order valence-corrected chi connectivity index (χ2v) is 23.4. The summed E-state index contributed by atoms with van der Waals surface area (Å²) in [4.78, 5) is 101. The maximum atomic E-state index is 12.8. The number of nitrogens with one attached hydrogen (secondary N) is 2. The molecule has 1 aliphatic heterocycles. The molecule has 1 aliphatic rings. The number of imidazole rings is 1. The van der Waals surface area contributed by atoms with Crippen LogP contribution < -0.4 is 16.4 Å². The highest BCUT2D eigenvalue weighted by atomic mass is 32.2. The predicted molar refractivity (Wildman–Crippen MR) is 284 cm³/mol. The summed E-state index contributed by atoms with van der Waals surface area (Å²) in [5, 5.41) is 26.2. The van der Waals surface area contributed by atoms with E-state index in [0.717, 1.165) is 73.9 Å². The minimum Gasteiger partial charge on any atom is -0.386 e. The number of nitrogen functional groups attached to an aromatic ring is 1. The van der Waals surface area contributed by atoms with Crippen molar-refractivity contribution in [3.05, 3.63) is 73.4 Å². The van der Waals surface area contributed by atoms with Gasteiger partial charge < -0.3 is 50.9 Å². The van der Waals surface area contributed by atoms with E-state index in [-0.39, 0.29) is 59.6 Å². The summed E-state index contributed by atoms with van der Waals surface area (Å²) >= 11 is 0.918. The monoisotopic (exact) mass is 1150 g/mol. The number of fused-ring (bicyclic) bond motifs is 1. The number of aromatic nitrogens is 4. The summed E-state index contributed by atoms with van der Waals surface area (Å²) in [5.74, 6) is -1.48. The molecule has 25 nitrogen and oxygen atoms in total. The van der Waals surface area contributed by atoms with Crippen LogP contribution in [0.25, 0.3) is 11.2 Å². The number of aliphatic hydroxyl groups is 2. The lowest BCUT2D eigenvalue weighted by Gasteiger charge is -2.30. The van der Waals surface area contributed by atoms with Gasteiger partial charge in [0.1, 0.15) is 42.0 Å². The number of hydrogen-bond acceptors (Lipinski definition) is 19. The summed E-state index contributed by atoms with van der Waals surface area (Å²) in [7, 11) is -16.5. The zero-order valence-electron chi connectivity index (χ0n) is 42.9. The Bertz CT molecular complexity index is 2470. The Labute approximate surface area is 446 Å². The molecule has 0 aromatic carbocycles. The molecule has 0 radical (unpaired) electrons. The first-order valence-electron chi connectivity index (χ1n) is 24.8. The number of rotatable bonds is 38. The van der Waals surface area contributed by atoms with Gasteiger partial charge in [0, 0.05) is 37.1 Å². The first-order valence-corrected chi connectivity index (χ1v) is 30.3. The molecular formula is C47H74N7O18P3S. The maximum Gasteiger partial charge on any atom is 0.481 e. The van der Waals surface area contributed by atoms with E-state index < -0.39 is 84.6 Å². The van der Waals surface area contributed by atoms with Crippen molar-refractivity contribution in [2.24, 2.45) is 5.41 Å². The van der Waals surface area contributed by atoms with Crippen molar-refractivity contribution >= 4 is 74.9 Å². The van der Waals surface area contributed by atoms with Crippen molar-refractivity contribution in [1.82, 2.24) is 30.2 Å². The van der Waals surface area contributed by atoms with E-state index in [1.165, 1.54) is 33.1 Å². The Kier molecular flexibility index (Phi) is 29.7. The predicted octanol–water partition coefficient (Wildman–Crippen LogP) is 6.11. The van der Waals surface area contributed by atoms with Crippen LogP contribution in [-0.4, -0.2) is 128 Å². The number of amides is 2. The van der Waals surface area contributed by atoms with Crippen LogP contribution in [0.5, 0.6) is 0 Å². The smallest absolute Gasteiger partial charge is 0.386 e. The highest BCUT2D eigenvalue weighted by Gasteiger charge is 2.50. The molecule has 2 aromatic rings. The second-order valence-electron chi connectivity index (χ2n) is 18.0. The molecule has 2 unspecified atom stereocenters. The Hall–Kier alpha value is -4.07. The first kappa shape index (κ1) is 66.2. The van der Waals surface area contributed by atoms with E-state index in [0.29, 0.717) is 12.8 Å². The molecule has 10 N–H and O–H groups in total. The third kappa shape index (κ3) is 26.1. The van der Waals surface area contributed by atoms with Crippen molar-refractivity contribution in [2.45, 2.75) is 141 Å². The van der Waals surface area contributed by atoms with Gasteiger partial charge in [-0.3, -0.25) is 37.3 Å². The van der Waals surface area contributed by atoms with Crippen molar-refractivity contribution in [3.8, 4) is 0 Å². The van der Waals surface area contributed by atoms with Gasteiger partial charge in [-0.15, -0.1) is 0 Å². The normalized spacial score (nSPS) is 19.6. The minimum atomic E-state index is -5.60. The summed E-state index contributed by atoms with van der Waals surface area (Å²) < 4.78 is 62.5. The van der Waals surface area contributed by atoms with Gasteiger partial charge in [0.15, 0.2) is 22.8 Å². The molecule has 1 fully saturated rings. The van der Waals surface area contributed by atoms with Gasteiger partial charge in [-0.25, -0.2) is 28.6 Å². The summed E-state index contributed by atoms with van der Waals surface area (Å²) in [6, 6.07) is 0. The summed E-state index contributed by atoms with van der Waals surface area (Å²) in [6.07, 6.45) is 25.6. The number of aliphatic hydroxyl groups excluding tert-OH is 2. The van der Waals surface area contributed by atoms with E-state index in [1.54, 1.807) is 0 Å². The fourth-order valence-electron chi connectivity index (χ4n) is 7.01. The maximum absolute atomic E-state index is 12.8. The van der Waals surface area contributed by atoms with Gasteiger partial charge in [0.2, 0.25) is 11.8 Å². The minimum absolute atomic E-state index is 0.0235. The Balaban J connectivity index is 1.26. The van der Waals surface area contributed by atoms with Crippen LogP contribution in [0.4, 0.5) is 5.82 Å². The van der Waals surface area contributed by atoms with E-state index in [2.05, 4.69) is 102 Å². The molecule has 29 heteroatoms. The van der Waals surface area contributed by atoms with Gasteiger partial charge in [0.25, 0.3) is 0 Å². The quantitative estimate of drug-likeness (QED) is 0.0158. The lowest BCUT2D eigenvalue weighted by atomic mass is 9.87. The molecule has 7 atom stereocenters. The molecule has 0 spiro atoms. The SMILES string of the molecule is CCCCC/C=C\C/C=C\C/C=C\C/C=C\C/C=C\CCCCC(=O)CC(=O)SCCNC(=O)CCNC(=O)[C@H](O)C(C)(C)COP(=O)(O)OP(=O)(O)OC[C@H]1O[C@@H](n2cnc3c(N)ncnc32)[C@H](O)[C@@H]1OP(=O)(O)O. The molecule has 2 aromatic heterocycles. The van der Waals surface area contributed by atoms with Gasteiger partial charge in [-0.05, 0) is 57.8 Å². The number of allylic oxidation sites excluding steroid dienone is 10. The highest BCUT2D eigenvalue weighted by Crippen LogP contribution is 2.61. The number of carbonyl (C=O) groups excluding carboxylic acids is 4. The third-order valence-electron chi connectivity index (χ3n) is 11.1. The van der Waals surface area contributed by atoms with Crippen LogP contribution in [-0.2, 0) is 55.5 Å². The molecular weight excluding hydrogens is 1080 g/mol. The number of phosphoric acid groups is 3. The molecule has 0 saturated carbocycles. The molecule has 76 heavy (non-hydrogen) atoms. The van der Waals surface area contributed by atoms with Crippen molar-refractivity contribution in [2.75, 3.05) is 37.8 Å². The number of nitrogens with two attached hydrogens (primary N) is 1. The number of unbranched alkanes of at least 4 members (excludes halogenated alkanes) is 5. The number of ketones is 1. The number of anilines is 1. The van der Waals surface area contributed by atoms with Gasteiger partial charge in [-0.2, -0.15) is 4.31 Å². The highest BCUT2D eigenvalue weighted by molar-refractivity contribution is 8.13. The third-order valence-corrected chi connectivity index (χ3v) is 15.1. The average molecular weight is 1150 g/mol. The average Bonchev–Trinajstić information content (AvgIpc) is 3.91. The molecule has 3 rings (SSSR count). The molecule has 0 bridgehead atoms. The second kappa shape index (κ2) is 34.0. The van der Waals surface area contributed by atoms with Crippen molar-refractivity contribution < 1.29 is 85.3 Å². The summed E-state index contributed by atoms with van der Waals surface area (Å²) in [5.41, 5.74) is 4.24. The fourth-order valence-corrected chi connectivity index (χ4v) is 10.5. The van der Waals surface area contributed by atoms with Crippen LogP contribution in [0.3, 0.4) is 0 Å². The Morgan fingerprint density at radius 2 is 1.42 bits per heavy atom. The zero-order chi connectivity index (χ0) is 56.2. The van der Waals surface area contributed by atoms with Crippen LogP contribution in [0.2, 0.25) is 0 Å². The molecule has 3 heterocycles. The largest absolute Gasteiger partial charge is 0.481 e. The van der Waals surface area contributed by atoms with Gasteiger partial charge in [-0.1, -0.05) is 106 Å². The number of thioether (sulfide) groups is 1. The topological polar surface area (TPSA) is 381 Å². The number of phosphoric ester groups is 3. The van der Waals surface area contributed by atoms with Crippen molar-refractivity contribution in [3.63, 3.8) is 0 Å². The van der Waals surface area contributed by atoms with E-state index in [1.807, 2.05) is 0 Å². The van der Waals surface area contributed by atoms with E-state index in [4.69, 9.17) is 19.5 Å². The molecule has 426 valence electrons. The molecule has 2 amide bonds. The lowest BCUT2D eigenvalue weighted by Crippen LogP contribution is -2.46. The molecule has 0 aliphatic carbocycles. The van der Waals surface area contributed by atoms with Gasteiger partial charge in [0.05, 0.1) is 26.0 Å². The molecule has 1 saturated heterocycles. The summed E-state index contributed by atoms with van der Waals surface area (Å²) in [6.45, 7) is 2.51.